The number of rotatable bonds is 14. The van der Waals surface area contributed by atoms with Crippen LogP contribution in [0.2, 0.25) is 0 Å². The van der Waals surface area contributed by atoms with Gasteiger partial charge in [-0.1, -0.05) is 39.2 Å². The maximum atomic E-state index is 15.2. The standard InChI is InChI=1S/C31H56FN7O/c1-7-13-31(5,23-10-9-11-23)16-22(8-2)15-24(32)17-36-20(3)27(29(33)34)30(40)38-26-18-35-14-12-25(26)28-21(4)37-19-39(28)6/h15,17,19-21,23-29,35H,7-14,16,18,33-34H2,1-6H3,(H,38,40)/b22-15+,36-17?/t20?,21?,24?,25?,26?,27?,28?,31-/m1/s1. The number of likely N-dealkylation sites (N-methyl/N-ethyl adjacent to an activating group) is 1. The lowest BCUT2D eigenvalue weighted by molar-refractivity contribution is -0.127. The molecule has 3 rings (SSSR count). The van der Waals surface area contributed by atoms with Crippen LogP contribution in [0.3, 0.4) is 0 Å². The Morgan fingerprint density at radius 1 is 1.32 bits per heavy atom. The molecule has 0 radical (unpaired) electrons. The third-order valence-corrected chi connectivity index (χ3v) is 9.84. The van der Waals surface area contributed by atoms with Gasteiger partial charge in [0.2, 0.25) is 5.91 Å². The van der Waals surface area contributed by atoms with Crippen LogP contribution in [0, 0.1) is 23.2 Å². The molecule has 2 fully saturated rings. The van der Waals surface area contributed by atoms with Gasteiger partial charge in [0.05, 0.1) is 36.5 Å². The van der Waals surface area contributed by atoms with Crippen LogP contribution < -0.4 is 22.1 Å². The fourth-order valence-corrected chi connectivity index (χ4v) is 7.33. The highest BCUT2D eigenvalue weighted by molar-refractivity contribution is 5.81. The first-order chi connectivity index (χ1) is 19.0. The minimum atomic E-state index is -1.31. The molecule has 6 N–H and O–H groups in total. The maximum Gasteiger partial charge on any atom is 0.228 e. The van der Waals surface area contributed by atoms with Gasteiger partial charge in [-0.05, 0) is 76.3 Å². The molecule has 1 aliphatic carbocycles. The number of carbonyl (C=O) groups is 1. The first-order valence-electron chi connectivity index (χ1n) is 15.6. The van der Waals surface area contributed by atoms with Crippen molar-refractivity contribution >= 4 is 18.5 Å². The molecule has 0 spiro atoms. The predicted molar refractivity (Wildman–Crippen MR) is 164 cm³/mol. The number of nitrogens with zero attached hydrogens (tertiary/aromatic N) is 3. The molecular formula is C31H56FN7O. The summed E-state index contributed by atoms with van der Waals surface area (Å²) in [5.74, 6) is -0.0127. The molecule has 0 aromatic carbocycles. The molecule has 2 aliphatic heterocycles. The number of amides is 1. The molecule has 2 heterocycles. The number of aliphatic imine (C=N–C) groups is 2. The summed E-state index contributed by atoms with van der Waals surface area (Å²) in [4.78, 5) is 24.6. The Kier molecular flexibility index (Phi) is 12.1. The lowest BCUT2D eigenvalue weighted by Crippen LogP contribution is -2.61. The molecule has 9 heteroatoms. The van der Waals surface area contributed by atoms with Crippen molar-refractivity contribution in [3.05, 3.63) is 11.6 Å². The summed E-state index contributed by atoms with van der Waals surface area (Å²) in [5, 5.41) is 6.61. The monoisotopic (exact) mass is 561 g/mol. The van der Waals surface area contributed by atoms with Crippen molar-refractivity contribution in [2.45, 2.75) is 122 Å². The highest BCUT2D eigenvalue weighted by Crippen LogP contribution is 2.48. The highest BCUT2D eigenvalue weighted by atomic mass is 19.1. The Morgan fingerprint density at radius 2 is 2.05 bits per heavy atom. The molecule has 0 bridgehead atoms. The van der Waals surface area contributed by atoms with Crippen LogP contribution >= 0.6 is 0 Å². The molecule has 7 unspecified atom stereocenters. The van der Waals surface area contributed by atoms with E-state index in [0.717, 1.165) is 43.7 Å². The zero-order valence-corrected chi connectivity index (χ0v) is 25.8. The largest absolute Gasteiger partial charge is 0.361 e. The van der Waals surface area contributed by atoms with Crippen LogP contribution in [-0.2, 0) is 4.79 Å². The molecular weight excluding hydrogens is 505 g/mol. The van der Waals surface area contributed by atoms with E-state index < -0.39 is 24.3 Å². The van der Waals surface area contributed by atoms with Gasteiger partial charge in [-0.2, -0.15) is 0 Å². The number of nitrogens with one attached hydrogen (secondary N) is 2. The third kappa shape index (κ3) is 8.13. The van der Waals surface area contributed by atoms with E-state index in [4.69, 9.17) is 11.5 Å². The van der Waals surface area contributed by atoms with E-state index in [0.29, 0.717) is 6.54 Å². The molecule has 8 nitrogen and oxygen atoms in total. The molecule has 1 saturated carbocycles. The van der Waals surface area contributed by atoms with Gasteiger partial charge >= 0.3 is 0 Å². The van der Waals surface area contributed by atoms with Crippen molar-refractivity contribution in [2.75, 3.05) is 20.1 Å². The number of carbonyl (C=O) groups excluding carboxylic acids is 1. The summed E-state index contributed by atoms with van der Waals surface area (Å²) in [6, 6.07) is -0.237. The Bertz CT molecular complexity index is 892. The number of hydrogen-bond donors (Lipinski definition) is 4. The van der Waals surface area contributed by atoms with Crippen LogP contribution in [0.1, 0.15) is 86.0 Å². The van der Waals surface area contributed by atoms with E-state index in [1.165, 1.54) is 31.9 Å². The van der Waals surface area contributed by atoms with Crippen LogP contribution in [0.15, 0.2) is 21.6 Å². The lowest BCUT2D eigenvalue weighted by atomic mass is 9.61. The summed E-state index contributed by atoms with van der Waals surface area (Å²) in [5.41, 5.74) is 13.6. The Morgan fingerprint density at radius 3 is 2.60 bits per heavy atom. The average molecular weight is 562 g/mol. The van der Waals surface area contributed by atoms with Crippen molar-refractivity contribution < 1.29 is 9.18 Å². The summed E-state index contributed by atoms with van der Waals surface area (Å²) in [7, 11) is 2.04. The van der Waals surface area contributed by atoms with Crippen LogP contribution in [-0.4, -0.2) is 80.0 Å². The number of nitrogens with two attached hydrogens (primary N) is 2. The maximum absolute atomic E-state index is 15.2. The van der Waals surface area contributed by atoms with E-state index >= 15 is 4.39 Å². The minimum absolute atomic E-state index is 0.0765. The number of piperidine rings is 1. The molecule has 1 saturated heterocycles. The fraction of sp³-hybridized carbons (Fsp3) is 0.839. The van der Waals surface area contributed by atoms with Crippen molar-refractivity contribution in [3.8, 4) is 0 Å². The molecule has 1 amide bonds. The fourth-order valence-electron chi connectivity index (χ4n) is 7.33. The second-order valence-electron chi connectivity index (χ2n) is 12.9. The summed E-state index contributed by atoms with van der Waals surface area (Å²) in [6.45, 7) is 12.2. The van der Waals surface area contributed by atoms with Gasteiger partial charge in [0, 0.05) is 31.8 Å². The van der Waals surface area contributed by atoms with E-state index in [1.807, 2.05) is 13.4 Å². The molecule has 3 aliphatic rings. The van der Waals surface area contributed by atoms with Gasteiger partial charge in [-0.15, -0.1) is 0 Å². The van der Waals surface area contributed by atoms with Crippen molar-refractivity contribution in [1.82, 2.24) is 15.5 Å². The first-order valence-corrected chi connectivity index (χ1v) is 15.6. The molecule has 8 atom stereocenters. The lowest BCUT2D eigenvalue weighted by Gasteiger charge is -2.44. The zero-order chi connectivity index (χ0) is 29.4. The van der Waals surface area contributed by atoms with Crippen molar-refractivity contribution in [2.24, 2.45) is 44.6 Å². The topological polar surface area (TPSA) is 121 Å². The third-order valence-electron chi connectivity index (χ3n) is 9.84. The van der Waals surface area contributed by atoms with Gasteiger partial charge in [0.1, 0.15) is 0 Å². The SMILES string of the molecule is CCC[C@](C)(C/C(=C/C(F)C=NC(C)C(C(=O)NC1CNCCC1C1C(C)N=CN1C)C(N)N)CC)C1CCC1. The minimum Gasteiger partial charge on any atom is -0.361 e. The summed E-state index contributed by atoms with van der Waals surface area (Å²) in [6.07, 6.45) is 11.6. The van der Waals surface area contributed by atoms with Crippen molar-refractivity contribution in [3.63, 3.8) is 0 Å². The van der Waals surface area contributed by atoms with E-state index in [2.05, 4.69) is 53.2 Å². The van der Waals surface area contributed by atoms with Crippen molar-refractivity contribution in [1.29, 1.82) is 0 Å². The number of hydrogen-bond acceptors (Lipinski definition) is 7. The first kappa shape index (κ1) is 32.7. The second kappa shape index (κ2) is 14.9. The number of alkyl halides is 1. The van der Waals surface area contributed by atoms with Gasteiger partial charge in [-0.3, -0.25) is 14.8 Å². The van der Waals surface area contributed by atoms with E-state index in [1.54, 1.807) is 13.0 Å². The van der Waals surface area contributed by atoms with E-state index in [9.17, 15) is 4.79 Å². The van der Waals surface area contributed by atoms with Gasteiger partial charge in [0.25, 0.3) is 0 Å². The quantitative estimate of drug-likeness (QED) is 0.146. The summed E-state index contributed by atoms with van der Waals surface area (Å²) >= 11 is 0. The Labute approximate surface area is 242 Å². The molecule has 228 valence electrons. The predicted octanol–water partition coefficient (Wildman–Crippen LogP) is 3.80. The van der Waals surface area contributed by atoms with Crippen LogP contribution in [0.5, 0.6) is 0 Å². The second-order valence-corrected chi connectivity index (χ2v) is 12.9. The smallest absolute Gasteiger partial charge is 0.228 e. The molecule has 0 aromatic rings. The number of allylic oxidation sites excluding steroid dienone is 2. The van der Waals surface area contributed by atoms with E-state index in [-0.39, 0.29) is 35.4 Å². The number of halogens is 1. The Hall–Kier alpha value is -1.84. The average Bonchev–Trinajstić information content (AvgIpc) is 3.19. The molecule has 0 aromatic heterocycles. The normalized spacial score (nSPS) is 29.9. The van der Waals surface area contributed by atoms with Crippen LogP contribution in [0.25, 0.3) is 0 Å². The molecule has 40 heavy (non-hydrogen) atoms. The van der Waals surface area contributed by atoms with Gasteiger partial charge in [0.15, 0.2) is 6.17 Å². The van der Waals surface area contributed by atoms with Gasteiger partial charge < -0.3 is 27.0 Å². The highest BCUT2D eigenvalue weighted by Gasteiger charge is 2.41. The summed E-state index contributed by atoms with van der Waals surface area (Å²) < 4.78 is 15.2. The van der Waals surface area contributed by atoms with Gasteiger partial charge in [-0.25, -0.2) is 4.39 Å². The Balaban J connectivity index is 1.64. The zero-order valence-electron chi connectivity index (χ0n) is 25.8. The van der Waals surface area contributed by atoms with Crippen LogP contribution in [0.4, 0.5) is 4.39 Å².